The molecule has 1 unspecified atom stereocenters. The van der Waals surface area contributed by atoms with E-state index in [-0.39, 0.29) is 5.56 Å². The van der Waals surface area contributed by atoms with Crippen LogP contribution < -0.4 is 5.73 Å². The van der Waals surface area contributed by atoms with E-state index in [4.69, 9.17) is 5.73 Å². The van der Waals surface area contributed by atoms with Crippen molar-refractivity contribution in [2.75, 3.05) is 0 Å². The number of aryl methyl sites for hydroxylation is 1. The molecule has 0 saturated heterocycles. The molecule has 0 aliphatic carbocycles. The zero-order chi connectivity index (χ0) is 14.1. The van der Waals surface area contributed by atoms with Crippen LogP contribution in [0, 0.1) is 0 Å². The van der Waals surface area contributed by atoms with Gasteiger partial charge in [-0.05, 0) is 6.92 Å². The van der Waals surface area contributed by atoms with Crippen molar-refractivity contribution in [3.8, 4) is 0 Å². The Kier molecular flexibility index (Phi) is 3.36. The van der Waals surface area contributed by atoms with Gasteiger partial charge < -0.3 is 10.5 Å². The van der Waals surface area contributed by atoms with Gasteiger partial charge in [0.15, 0.2) is 0 Å². The lowest BCUT2D eigenvalue weighted by Gasteiger charge is -2.25. The number of hydrogen-bond acceptors (Lipinski definition) is 4. The number of nitrogens with zero attached hydrogens (tertiary/aromatic N) is 2. The van der Waals surface area contributed by atoms with Crippen molar-refractivity contribution in [3.63, 3.8) is 0 Å². The molecule has 1 aromatic rings. The van der Waals surface area contributed by atoms with E-state index in [0.29, 0.717) is 0 Å². The Morgan fingerprint density at radius 3 is 2.33 bits per heavy atom. The Morgan fingerprint density at radius 2 is 2.00 bits per heavy atom. The summed E-state index contributed by atoms with van der Waals surface area (Å²) in [5.41, 5.74) is 2.72. The Bertz CT molecular complexity index is 483. The third-order valence-electron chi connectivity index (χ3n) is 2.25. The van der Waals surface area contributed by atoms with Crippen LogP contribution in [-0.2, 0) is 27.0 Å². The molecule has 0 bridgehead atoms. The molecule has 0 aliphatic heterocycles. The number of amides is 1. The number of esters is 1. The molecule has 18 heavy (non-hydrogen) atoms. The lowest BCUT2D eigenvalue weighted by Crippen LogP contribution is -2.45. The quantitative estimate of drug-likeness (QED) is 0.792. The van der Waals surface area contributed by atoms with E-state index in [1.54, 1.807) is 0 Å². The molecule has 0 aromatic carbocycles. The first-order valence-corrected chi connectivity index (χ1v) is 4.66. The highest BCUT2D eigenvalue weighted by molar-refractivity contribution is 5.88. The van der Waals surface area contributed by atoms with E-state index in [0.717, 1.165) is 13.1 Å². The molecular formula is C9H10F3N3O3. The van der Waals surface area contributed by atoms with Crippen molar-refractivity contribution in [1.29, 1.82) is 0 Å². The molecule has 0 saturated carbocycles. The maximum absolute atomic E-state index is 12.1. The van der Waals surface area contributed by atoms with Gasteiger partial charge in [0.05, 0.1) is 6.20 Å². The average Bonchev–Trinajstić information content (AvgIpc) is 2.63. The number of nitrogens with two attached hydrogens (primary N) is 1. The van der Waals surface area contributed by atoms with Gasteiger partial charge in [0.25, 0.3) is 5.91 Å². The van der Waals surface area contributed by atoms with Crippen molar-refractivity contribution < 1.29 is 27.5 Å². The summed E-state index contributed by atoms with van der Waals surface area (Å²) >= 11 is 0. The Labute approximate surface area is 99.5 Å². The van der Waals surface area contributed by atoms with Crippen molar-refractivity contribution in [2.45, 2.75) is 18.7 Å². The zero-order valence-electron chi connectivity index (χ0n) is 9.49. The lowest BCUT2D eigenvalue weighted by atomic mass is 9.98. The van der Waals surface area contributed by atoms with Crippen LogP contribution in [0.25, 0.3) is 0 Å². The van der Waals surface area contributed by atoms with E-state index in [1.807, 2.05) is 0 Å². The standard InChI is InChI=1S/C9H10F3N3O3/c1-8(6(13)16,5-3-14-15(2)4-5)18-7(17)9(10,11)12/h3-4H,1-2H3,(H2,13,16). The molecule has 1 aromatic heterocycles. The van der Waals surface area contributed by atoms with Crippen LogP contribution in [-0.4, -0.2) is 27.8 Å². The van der Waals surface area contributed by atoms with E-state index in [9.17, 15) is 22.8 Å². The average molecular weight is 265 g/mol. The van der Waals surface area contributed by atoms with Gasteiger partial charge in [0, 0.05) is 18.8 Å². The van der Waals surface area contributed by atoms with Gasteiger partial charge in [-0.2, -0.15) is 18.3 Å². The smallest absolute Gasteiger partial charge is 0.437 e. The Hall–Kier alpha value is -2.06. The fourth-order valence-corrected chi connectivity index (χ4v) is 1.16. The number of carbonyl (C=O) groups is 2. The van der Waals surface area contributed by atoms with Gasteiger partial charge in [-0.15, -0.1) is 0 Å². The minimum atomic E-state index is -5.21. The molecule has 1 atom stereocenters. The van der Waals surface area contributed by atoms with Crippen LogP contribution in [0.1, 0.15) is 12.5 Å². The van der Waals surface area contributed by atoms with Crippen molar-refractivity contribution in [1.82, 2.24) is 9.78 Å². The topological polar surface area (TPSA) is 87.2 Å². The molecule has 0 aliphatic rings. The molecule has 0 radical (unpaired) electrons. The first-order chi connectivity index (χ1) is 8.07. The highest BCUT2D eigenvalue weighted by Gasteiger charge is 2.48. The Balaban J connectivity index is 3.10. The summed E-state index contributed by atoms with van der Waals surface area (Å²) in [6.45, 7) is 0.968. The number of halogens is 3. The molecule has 0 fully saturated rings. The molecule has 100 valence electrons. The molecule has 6 nitrogen and oxygen atoms in total. The van der Waals surface area contributed by atoms with E-state index in [1.165, 1.54) is 17.9 Å². The second kappa shape index (κ2) is 4.31. The predicted octanol–water partition coefficient (Wildman–Crippen LogP) is 0.226. The second-order valence-electron chi connectivity index (χ2n) is 3.69. The Morgan fingerprint density at radius 1 is 1.44 bits per heavy atom. The number of aromatic nitrogens is 2. The van der Waals surface area contributed by atoms with Gasteiger partial charge in [0.2, 0.25) is 5.60 Å². The molecule has 1 amide bonds. The van der Waals surface area contributed by atoms with Gasteiger partial charge in [-0.25, -0.2) is 4.79 Å². The molecule has 1 rings (SSSR count). The minimum Gasteiger partial charge on any atom is -0.437 e. The second-order valence-corrected chi connectivity index (χ2v) is 3.69. The van der Waals surface area contributed by atoms with E-state index < -0.39 is 23.7 Å². The predicted molar refractivity (Wildman–Crippen MR) is 51.9 cm³/mol. The lowest BCUT2D eigenvalue weighted by molar-refractivity contribution is -0.213. The third-order valence-corrected chi connectivity index (χ3v) is 2.25. The van der Waals surface area contributed by atoms with Crippen LogP contribution in [0.5, 0.6) is 0 Å². The number of ether oxygens (including phenoxy) is 1. The first-order valence-electron chi connectivity index (χ1n) is 4.66. The highest BCUT2D eigenvalue weighted by Crippen LogP contribution is 2.28. The van der Waals surface area contributed by atoms with Crippen LogP contribution in [0.2, 0.25) is 0 Å². The summed E-state index contributed by atoms with van der Waals surface area (Å²) < 4.78 is 41.8. The van der Waals surface area contributed by atoms with Gasteiger partial charge >= 0.3 is 12.1 Å². The van der Waals surface area contributed by atoms with Crippen LogP contribution in [0.3, 0.4) is 0 Å². The van der Waals surface area contributed by atoms with Gasteiger partial charge in [-0.1, -0.05) is 0 Å². The monoisotopic (exact) mass is 265 g/mol. The number of primary amides is 1. The zero-order valence-corrected chi connectivity index (χ0v) is 9.49. The first kappa shape index (κ1) is 14.0. The third kappa shape index (κ3) is 2.60. The largest absolute Gasteiger partial charge is 0.490 e. The van der Waals surface area contributed by atoms with Crippen LogP contribution in [0.4, 0.5) is 13.2 Å². The van der Waals surface area contributed by atoms with Crippen molar-refractivity contribution in [2.24, 2.45) is 12.8 Å². The highest BCUT2D eigenvalue weighted by atomic mass is 19.4. The number of hydrogen-bond donors (Lipinski definition) is 1. The van der Waals surface area contributed by atoms with Crippen LogP contribution in [0.15, 0.2) is 12.4 Å². The van der Waals surface area contributed by atoms with E-state index >= 15 is 0 Å². The number of carbonyl (C=O) groups excluding carboxylic acids is 2. The van der Waals surface area contributed by atoms with Crippen molar-refractivity contribution >= 4 is 11.9 Å². The normalized spacial score (nSPS) is 14.9. The molecule has 1 heterocycles. The van der Waals surface area contributed by atoms with E-state index in [2.05, 4.69) is 9.84 Å². The summed E-state index contributed by atoms with van der Waals surface area (Å²) in [4.78, 5) is 22.0. The summed E-state index contributed by atoms with van der Waals surface area (Å²) in [5.74, 6) is -3.72. The maximum atomic E-state index is 12.1. The number of rotatable bonds is 3. The summed E-state index contributed by atoms with van der Waals surface area (Å²) in [6.07, 6.45) is -2.89. The fourth-order valence-electron chi connectivity index (χ4n) is 1.16. The summed E-state index contributed by atoms with van der Waals surface area (Å²) in [5, 5.41) is 3.67. The number of alkyl halides is 3. The van der Waals surface area contributed by atoms with Crippen molar-refractivity contribution in [3.05, 3.63) is 18.0 Å². The fraction of sp³-hybridized carbons (Fsp3) is 0.444. The van der Waals surface area contributed by atoms with Gasteiger partial charge in [-0.3, -0.25) is 9.48 Å². The minimum absolute atomic E-state index is 0.0462. The summed E-state index contributed by atoms with van der Waals surface area (Å²) in [6, 6.07) is 0. The molecule has 2 N–H and O–H groups in total. The molecular weight excluding hydrogens is 255 g/mol. The SMILES string of the molecule is Cn1cc(C(C)(OC(=O)C(F)(F)F)C(N)=O)cn1. The maximum Gasteiger partial charge on any atom is 0.490 e. The van der Waals surface area contributed by atoms with Gasteiger partial charge in [0.1, 0.15) is 0 Å². The summed E-state index contributed by atoms with van der Waals surface area (Å²) in [7, 11) is 1.48. The molecule has 9 heteroatoms. The molecule has 0 spiro atoms. The van der Waals surface area contributed by atoms with Crippen LogP contribution >= 0.6 is 0 Å².